The molecule has 0 saturated carbocycles. The van der Waals surface area contributed by atoms with Gasteiger partial charge in [0.25, 0.3) is 5.56 Å². The number of halogens is 1. The number of Topliss-reactive ketones (excluding diaryl/α,β-unsaturated/α-hetero) is 1. The third-order valence-corrected chi connectivity index (χ3v) is 9.11. The minimum Gasteiger partial charge on any atom is -0.372 e. The van der Waals surface area contributed by atoms with Crippen LogP contribution in [0.2, 0.25) is 0 Å². The first-order valence-electron chi connectivity index (χ1n) is 12.0. The van der Waals surface area contributed by atoms with Crippen LogP contribution in [-0.2, 0) is 30.7 Å². The number of ether oxygens (including phenoxy) is 1. The van der Waals surface area contributed by atoms with Gasteiger partial charge in [-0.05, 0) is 35.6 Å². The fourth-order valence-electron chi connectivity index (χ4n) is 4.41. The van der Waals surface area contributed by atoms with Gasteiger partial charge >= 0.3 is 0 Å². The normalized spacial score (nSPS) is 15.4. The molecule has 0 fully saturated rings. The number of carbonyl (C=O) groups is 1. The van der Waals surface area contributed by atoms with Crippen LogP contribution in [0.5, 0.6) is 0 Å². The highest BCUT2D eigenvalue weighted by Crippen LogP contribution is 2.36. The smallest absolute Gasteiger partial charge is 0.263 e. The number of benzene rings is 2. The summed E-state index contributed by atoms with van der Waals surface area (Å²) in [5.41, 5.74) is 2.88. The van der Waals surface area contributed by atoms with Crippen molar-refractivity contribution in [3.63, 3.8) is 0 Å². The van der Waals surface area contributed by atoms with Crippen LogP contribution in [0.25, 0.3) is 10.2 Å². The van der Waals surface area contributed by atoms with Gasteiger partial charge in [0.2, 0.25) is 0 Å². The number of rotatable bonds is 8. The van der Waals surface area contributed by atoms with E-state index in [-0.39, 0.29) is 23.2 Å². The van der Waals surface area contributed by atoms with E-state index < -0.39 is 0 Å². The van der Waals surface area contributed by atoms with E-state index in [1.54, 1.807) is 15.9 Å². The Morgan fingerprint density at radius 3 is 2.67 bits per heavy atom. The molecule has 3 heterocycles. The summed E-state index contributed by atoms with van der Waals surface area (Å²) in [5, 5.41) is 1.31. The Kier molecular flexibility index (Phi) is 7.76. The molecule has 1 aliphatic rings. The van der Waals surface area contributed by atoms with Crippen LogP contribution in [0.15, 0.2) is 69.0 Å². The number of hydrogen-bond acceptors (Lipinski definition) is 6. The minimum absolute atomic E-state index is 0.00936. The van der Waals surface area contributed by atoms with Gasteiger partial charge < -0.3 is 4.74 Å². The van der Waals surface area contributed by atoms with E-state index in [1.165, 1.54) is 11.8 Å². The third kappa shape index (κ3) is 5.37. The maximum atomic E-state index is 13.9. The topological polar surface area (TPSA) is 61.2 Å². The van der Waals surface area contributed by atoms with Gasteiger partial charge in [-0.1, -0.05) is 84.0 Å². The summed E-state index contributed by atoms with van der Waals surface area (Å²) in [5.74, 6) is 0.602. The van der Waals surface area contributed by atoms with E-state index in [0.717, 1.165) is 37.1 Å². The van der Waals surface area contributed by atoms with Gasteiger partial charge in [0.1, 0.15) is 4.83 Å². The number of fused-ring (bicyclic) bond motifs is 3. The molecule has 5 rings (SSSR count). The fourth-order valence-corrected chi connectivity index (χ4v) is 6.76. The molecule has 0 spiro atoms. The molecule has 1 aliphatic heterocycles. The molecule has 0 aliphatic carbocycles. The molecule has 1 atom stereocenters. The van der Waals surface area contributed by atoms with Crippen LogP contribution in [0, 0.1) is 5.92 Å². The average Bonchev–Trinajstić information content (AvgIpc) is 3.25. The van der Waals surface area contributed by atoms with Crippen LogP contribution in [-0.4, -0.2) is 27.2 Å². The van der Waals surface area contributed by atoms with Crippen LogP contribution >= 0.6 is 39.0 Å². The first-order valence-corrected chi connectivity index (χ1v) is 14.6. The molecule has 0 unspecified atom stereocenters. The van der Waals surface area contributed by atoms with E-state index in [4.69, 9.17) is 9.72 Å². The molecule has 0 amide bonds. The standard InChI is InChI=1S/C28H27BrN2O3S2/c1-17(2)23-14-21-24(15-34-23)36-26-25(21)27(33)31(13-12-18-6-4-3-5-7-18)28(30-26)35-16-22(32)19-8-10-20(29)11-9-19/h3-11,17,23H,12-16H2,1-2H3/t23-/m1/s1. The molecule has 186 valence electrons. The lowest BCUT2D eigenvalue weighted by Crippen LogP contribution is -2.29. The monoisotopic (exact) mass is 582 g/mol. The number of carbonyl (C=O) groups excluding carboxylic acids is 1. The first kappa shape index (κ1) is 25.4. The number of thioether (sulfide) groups is 1. The Morgan fingerprint density at radius 1 is 1.19 bits per heavy atom. The lowest BCUT2D eigenvalue weighted by molar-refractivity contribution is 0.00200. The van der Waals surface area contributed by atoms with Crippen molar-refractivity contribution in [1.29, 1.82) is 0 Å². The second-order valence-corrected chi connectivity index (χ2v) is 12.2. The van der Waals surface area contributed by atoms with Crippen molar-refractivity contribution >= 4 is 55.0 Å². The van der Waals surface area contributed by atoms with E-state index in [2.05, 4.69) is 41.9 Å². The molecule has 0 N–H and O–H groups in total. The summed E-state index contributed by atoms with van der Waals surface area (Å²) < 4.78 is 8.75. The lowest BCUT2D eigenvalue weighted by Gasteiger charge is -2.26. The van der Waals surface area contributed by atoms with Gasteiger partial charge in [-0.15, -0.1) is 11.3 Å². The van der Waals surface area contributed by atoms with Gasteiger partial charge in [-0.25, -0.2) is 4.98 Å². The molecule has 2 aromatic heterocycles. The molecule has 8 heteroatoms. The number of aromatic nitrogens is 2. The third-order valence-electron chi connectivity index (χ3n) is 6.50. The maximum Gasteiger partial charge on any atom is 0.263 e. The van der Waals surface area contributed by atoms with Gasteiger partial charge in [-0.3, -0.25) is 14.2 Å². The lowest BCUT2D eigenvalue weighted by atomic mass is 9.96. The zero-order valence-corrected chi connectivity index (χ0v) is 23.4. The Balaban J connectivity index is 1.50. The largest absolute Gasteiger partial charge is 0.372 e. The highest BCUT2D eigenvalue weighted by molar-refractivity contribution is 9.10. The summed E-state index contributed by atoms with van der Waals surface area (Å²) in [6, 6.07) is 17.5. The molecule has 36 heavy (non-hydrogen) atoms. The van der Waals surface area contributed by atoms with Gasteiger partial charge in [0, 0.05) is 27.9 Å². The van der Waals surface area contributed by atoms with Gasteiger partial charge in [0.05, 0.1) is 23.8 Å². The Labute approximate surface area is 227 Å². The Bertz CT molecular complexity index is 1450. The summed E-state index contributed by atoms with van der Waals surface area (Å²) in [6.45, 7) is 5.33. The number of nitrogens with zero attached hydrogens (tertiary/aromatic N) is 2. The number of hydrogen-bond donors (Lipinski definition) is 0. The first-order chi connectivity index (χ1) is 17.4. The summed E-state index contributed by atoms with van der Waals surface area (Å²) >= 11 is 6.29. The number of thiophene rings is 1. The van der Waals surface area contributed by atoms with Crippen LogP contribution in [0.4, 0.5) is 0 Å². The van der Waals surface area contributed by atoms with Gasteiger partial charge in [-0.2, -0.15) is 0 Å². The van der Waals surface area contributed by atoms with Crippen LogP contribution < -0.4 is 5.56 Å². The molecular weight excluding hydrogens is 556 g/mol. The fraction of sp³-hybridized carbons (Fsp3) is 0.321. The van der Waals surface area contributed by atoms with Gasteiger partial charge in [0.15, 0.2) is 10.9 Å². The predicted molar refractivity (Wildman–Crippen MR) is 150 cm³/mol. The second-order valence-electron chi connectivity index (χ2n) is 9.29. The minimum atomic E-state index is -0.0172. The molecule has 2 aromatic carbocycles. The summed E-state index contributed by atoms with van der Waals surface area (Å²) in [4.78, 5) is 33.5. The molecular formula is C28H27BrN2O3S2. The van der Waals surface area contributed by atoms with Crippen molar-refractivity contribution in [2.75, 3.05) is 5.75 Å². The second kappa shape index (κ2) is 11.0. The van der Waals surface area contributed by atoms with Crippen molar-refractivity contribution in [3.05, 3.63) is 91.0 Å². The highest BCUT2D eigenvalue weighted by atomic mass is 79.9. The molecule has 0 saturated heterocycles. The average molecular weight is 584 g/mol. The van der Waals surface area contributed by atoms with Crippen molar-refractivity contribution < 1.29 is 9.53 Å². The highest BCUT2D eigenvalue weighted by Gasteiger charge is 2.28. The quantitative estimate of drug-likeness (QED) is 0.134. The molecule has 0 radical (unpaired) electrons. The maximum absolute atomic E-state index is 13.9. The molecule has 4 aromatic rings. The van der Waals surface area contributed by atoms with Crippen molar-refractivity contribution in [2.45, 2.75) is 51.1 Å². The zero-order chi connectivity index (χ0) is 25.2. The predicted octanol–water partition coefficient (Wildman–Crippen LogP) is 6.54. The number of aryl methyl sites for hydroxylation is 1. The number of ketones is 1. The summed E-state index contributed by atoms with van der Waals surface area (Å²) in [7, 11) is 0. The summed E-state index contributed by atoms with van der Waals surface area (Å²) in [6.07, 6.45) is 1.55. The van der Waals surface area contributed by atoms with E-state index in [1.807, 2.05) is 42.5 Å². The van der Waals surface area contributed by atoms with Crippen molar-refractivity contribution in [2.24, 2.45) is 5.92 Å². The SMILES string of the molecule is CC(C)[C@H]1Cc2c(sc3nc(SCC(=O)c4ccc(Br)cc4)n(CCc4ccccc4)c(=O)c23)CO1. The van der Waals surface area contributed by atoms with E-state index in [9.17, 15) is 9.59 Å². The molecule has 0 bridgehead atoms. The molecule has 5 nitrogen and oxygen atoms in total. The van der Waals surface area contributed by atoms with Crippen molar-refractivity contribution in [1.82, 2.24) is 9.55 Å². The Hall–Kier alpha value is -2.26. The Morgan fingerprint density at radius 2 is 1.94 bits per heavy atom. The zero-order valence-electron chi connectivity index (χ0n) is 20.2. The van der Waals surface area contributed by atoms with E-state index >= 15 is 0 Å². The van der Waals surface area contributed by atoms with Crippen LogP contribution in [0.1, 0.15) is 40.2 Å². The van der Waals surface area contributed by atoms with Crippen molar-refractivity contribution in [3.8, 4) is 0 Å². The van der Waals surface area contributed by atoms with E-state index in [0.29, 0.717) is 36.2 Å². The van der Waals surface area contributed by atoms with Crippen LogP contribution in [0.3, 0.4) is 0 Å².